The number of benzene rings is 2. The molecule has 0 saturated heterocycles. The van der Waals surface area contributed by atoms with E-state index in [0.717, 1.165) is 23.3 Å². The molecule has 3 rings (SSSR count). The van der Waals surface area contributed by atoms with Gasteiger partial charge in [0.25, 0.3) is 0 Å². The second-order valence-electron chi connectivity index (χ2n) is 6.72. The zero-order valence-electron chi connectivity index (χ0n) is 15.2. The summed E-state index contributed by atoms with van der Waals surface area (Å²) in [6.07, 6.45) is 2.49. The SMILES string of the molecule is CC(Sc1ccccc1Cl)C(=O)NC(Cc1ccccc1)C(=O)NC1CC1. The molecule has 1 fully saturated rings. The molecule has 2 amide bonds. The van der Waals surface area contributed by atoms with E-state index >= 15 is 0 Å². The first-order valence-corrected chi connectivity index (χ1v) is 10.3. The van der Waals surface area contributed by atoms with E-state index in [-0.39, 0.29) is 23.1 Å². The van der Waals surface area contributed by atoms with Crippen molar-refractivity contribution in [3.8, 4) is 0 Å². The van der Waals surface area contributed by atoms with Crippen molar-refractivity contribution in [1.29, 1.82) is 0 Å². The largest absolute Gasteiger partial charge is 0.352 e. The van der Waals surface area contributed by atoms with Gasteiger partial charge >= 0.3 is 0 Å². The Morgan fingerprint density at radius 1 is 1.07 bits per heavy atom. The van der Waals surface area contributed by atoms with Crippen molar-refractivity contribution in [2.24, 2.45) is 0 Å². The van der Waals surface area contributed by atoms with Crippen LogP contribution in [0.15, 0.2) is 59.5 Å². The second-order valence-corrected chi connectivity index (χ2v) is 8.51. The Balaban J connectivity index is 1.65. The number of halogens is 1. The molecule has 27 heavy (non-hydrogen) atoms. The minimum absolute atomic E-state index is 0.121. The number of thioether (sulfide) groups is 1. The van der Waals surface area contributed by atoms with Crippen LogP contribution in [0.1, 0.15) is 25.3 Å². The van der Waals surface area contributed by atoms with Crippen molar-refractivity contribution in [3.63, 3.8) is 0 Å². The monoisotopic (exact) mass is 402 g/mol. The normalized spacial score (nSPS) is 15.6. The van der Waals surface area contributed by atoms with E-state index in [1.54, 1.807) is 6.07 Å². The first-order valence-electron chi connectivity index (χ1n) is 9.09. The molecule has 142 valence electrons. The Morgan fingerprint density at radius 2 is 1.74 bits per heavy atom. The van der Waals surface area contributed by atoms with Gasteiger partial charge in [-0.3, -0.25) is 9.59 Å². The molecule has 2 unspecified atom stereocenters. The fraction of sp³-hybridized carbons (Fsp3) is 0.333. The molecule has 0 heterocycles. The summed E-state index contributed by atoms with van der Waals surface area (Å²) in [6, 6.07) is 16.8. The zero-order valence-corrected chi connectivity index (χ0v) is 16.7. The number of carbonyl (C=O) groups excluding carboxylic acids is 2. The summed E-state index contributed by atoms with van der Waals surface area (Å²) in [5.41, 5.74) is 1.01. The third-order valence-corrected chi connectivity index (χ3v) is 5.97. The quantitative estimate of drug-likeness (QED) is 0.660. The summed E-state index contributed by atoms with van der Waals surface area (Å²) < 4.78 is 0. The van der Waals surface area contributed by atoms with Crippen LogP contribution in [-0.2, 0) is 16.0 Å². The third-order valence-electron chi connectivity index (χ3n) is 4.35. The Bertz CT molecular complexity index is 796. The Morgan fingerprint density at radius 3 is 2.41 bits per heavy atom. The molecule has 0 aromatic heterocycles. The van der Waals surface area contributed by atoms with Crippen LogP contribution in [0.25, 0.3) is 0 Å². The highest BCUT2D eigenvalue weighted by Crippen LogP contribution is 2.30. The van der Waals surface area contributed by atoms with Gasteiger partial charge in [-0.2, -0.15) is 0 Å². The maximum absolute atomic E-state index is 12.7. The highest BCUT2D eigenvalue weighted by atomic mass is 35.5. The van der Waals surface area contributed by atoms with Crippen LogP contribution in [0.5, 0.6) is 0 Å². The fourth-order valence-corrected chi connectivity index (χ4v) is 3.82. The van der Waals surface area contributed by atoms with Crippen molar-refractivity contribution < 1.29 is 9.59 Å². The molecule has 0 radical (unpaired) electrons. The number of hydrogen-bond donors (Lipinski definition) is 2. The molecular formula is C21H23ClN2O2S. The molecule has 2 aromatic carbocycles. The first-order chi connectivity index (χ1) is 13.0. The smallest absolute Gasteiger partial charge is 0.243 e. The highest BCUT2D eigenvalue weighted by Gasteiger charge is 2.29. The molecule has 6 heteroatoms. The van der Waals surface area contributed by atoms with Crippen molar-refractivity contribution in [2.45, 2.75) is 48.4 Å². The molecule has 2 aromatic rings. The first kappa shape index (κ1) is 19.8. The van der Waals surface area contributed by atoms with Crippen LogP contribution in [0.3, 0.4) is 0 Å². The highest BCUT2D eigenvalue weighted by molar-refractivity contribution is 8.00. The van der Waals surface area contributed by atoms with E-state index in [2.05, 4.69) is 10.6 Å². The van der Waals surface area contributed by atoms with Gasteiger partial charge in [0.15, 0.2) is 0 Å². The summed E-state index contributed by atoms with van der Waals surface area (Å²) in [5, 5.41) is 6.17. The minimum Gasteiger partial charge on any atom is -0.352 e. The molecule has 2 atom stereocenters. The van der Waals surface area contributed by atoms with Crippen molar-refractivity contribution in [3.05, 3.63) is 65.2 Å². The summed E-state index contributed by atoms with van der Waals surface area (Å²) >= 11 is 7.57. The van der Waals surface area contributed by atoms with Crippen LogP contribution >= 0.6 is 23.4 Å². The van der Waals surface area contributed by atoms with Gasteiger partial charge in [0.2, 0.25) is 11.8 Å². The van der Waals surface area contributed by atoms with E-state index in [1.165, 1.54) is 11.8 Å². The van der Waals surface area contributed by atoms with Crippen LogP contribution in [-0.4, -0.2) is 29.1 Å². The molecule has 0 spiro atoms. The van der Waals surface area contributed by atoms with E-state index in [9.17, 15) is 9.59 Å². The molecule has 1 saturated carbocycles. The van der Waals surface area contributed by atoms with Gasteiger partial charge < -0.3 is 10.6 Å². The lowest BCUT2D eigenvalue weighted by atomic mass is 10.0. The van der Waals surface area contributed by atoms with Crippen molar-refractivity contribution in [1.82, 2.24) is 10.6 Å². The number of amides is 2. The maximum atomic E-state index is 12.7. The predicted molar refractivity (Wildman–Crippen MR) is 110 cm³/mol. The number of carbonyl (C=O) groups is 2. The van der Waals surface area contributed by atoms with Gasteiger partial charge in [-0.25, -0.2) is 0 Å². The van der Waals surface area contributed by atoms with Crippen molar-refractivity contribution in [2.75, 3.05) is 0 Å². The van der Waals surface area contributed by atoms with Gasteiger partial charge in [0.05, 0.1) is 10.3 Å². The standard InChI is InChI=1S/C21H23ClN2O2S/c1-14(27-19-10-6-5-9-17(19)22)20(25)24-18(21(26)23-16-11-12-16)13-15-7-3-2-4-8-15/h2-10,14,16,18H,11-13H2,1H3,(H,23,26)(H,24,25). The number of nitrogens with one attached hydrogen (secondary N) is 2. The molecule has 1 aliphatic rings. The average molecular weight is 403 g/mol. The maximum Gasteiger partial charge on any atom is 0.243 e. The van der Waals surface area contributed by atoms with Gasteiger partial charge in [-0.1, -0.05) is 54.1 Å². The van der Waals surface area contributed by atoms with Crippen LogP contribution in [0.2, 0.25) is 5.02 Å². The number of hydrogen-bond acceptors (Lipinski definition) is 3. The van der Waals surface area contributed by atoms with E-state index in [1.807, 2.05) is 55.5 Å². The summed E-state index contributed by atoms with van der Waals surface area (Å²) in [7, 11) is 0. The van der Waals surface area contributed by atoms with Gasteiger partial charge in [-0.05, 0) is 37.5 Å². The Hall–Kier alpha value is -1.98. The lowest BCUT2D eigenvalue weighted by Gasteiger charge is -2.21. The van der Waals surface area contributed by atoms with Gasteiger partial charge in [-0.15, -0.1) is 11.8 Å². The van der Waals surface area contributed by atoms with Crippen LogP contribution in [0.4, 0.5) is 0 Å². The molecule has 4 nitrogen and oxygen atoms in total. The summed E-state index contributed by atoms with van der Waals surface area (Å²) in [4.78, 5) is 26.2. The van der Waals surface area contributed by atoms with E-state index in [0.29, 0.717) is 11.4 Å². The summed E-state index contributed by atoms with van der Waals surface area (Å²) in [5.74, 6) is -0.295. The molecule has 0 aliphatic heterocycles. The third kappa shape index (κ3) is 6.01. The summed E-state index contributed by atoms with van der Waals surface area (Å²) in [6.45, 7) is 1.82. The lowest BCUT2D eigenvalue weighted by molar-refractivity contribution is -0.128. The van der Waals surface area contributed by atoms with Gasteiger partial charge in [0.1, 0.15) is 6.04 Å². The molecular weight excluding hydrogens is 380 g/mol. The van der Waals surface area contributed by atoms with Crippen molar-refractivity contribution >= 4 is 35.2 Å². The lowest BCUT2D eigenvalue weighted by Crippen LogP contribution is -2.50. The van der Waals surface area contributed by atoms with E-state index < -0.39 is 6.04 Å². The predicted octanol–water partition coefficient (Wildman–Crippen LogP) is 3.83. The van der Waals surface area contributed by atoms with Crippen LogP contribution < -0.4 is 10.6 Å². The van der Waals surface area contributed by atoms with Crippen LogP contribution in [0, 0.1) is 0 Å². The zero-order chi connectivity index (χ0) is 19.2. The number of rotatable bonds is 8. The topological polar surface area (TPSA) is 58.2 Å². The molecule has 1 aliphatic carbocycles. The van der Waals surface area contributed by atoms with E-state index in [4.69, 9.17) is 11.6 Å². The fourth-order valence-electron chi connectivity index (χ4n) is 2.66. The minimum atomic E-state index is -0.588. The average Bonchev–Trinajstić information content (AvgIpc) is 3.47. The molecule has 2 N–H and O–H groups in total. The second kappa shape index (κ2) is 9.29. The molecule has 0 bridgehead atoms. The Labute approximate surface area is 169 Å². The van der Waals surface area contributed by atoms with Gasteiger partial charge in [0, 0.05) is 17.4 Å². The Kier molecular flexibility index (Phi) is 6.80.